The van der Waals surface area contributed by atoms with Gasteiger partial charge in [0.1, 0.15) is 0 Å². The summed E-state index contributed by atoms with van der Waals surface area (Å²) in [5, 5.41) is 2.60. The Morgan fingerprint density at radius 1 is 1.16 bits per heavy atom. The summed E-state index contributed by atoms with van der Waals surface area (Å²) in [6.07, 6.45) is 3.13. The van der Waals surface area contributed by atoms with Crippen molar-refractivity contribution in [3.8, 4) is 0 Å². The molecule has 7 nitrogen and oxygen atoms in total. The van der Waals surface area contributed by atoms with Gasteiger partial charge in [-0.1, -0.05) is 0 Å². The molecule has 2 aliphatic heterocycles. The van der Waals surface area contributed by atoms with E-state index in [1.807, 2.05) is 11.8 Å². The molecule has 0 bridgehead atoms. The second kappa shape index (κ2) is 7.13. The van der Waals surface area contributed by atoms with Crippen LogP contribution in [0.2, 0.25) is 0 Å². The molecule has 1 N–H and O–H groups in total. The summed E-state index contributed by atoms with van der Waals surface area (Å²) in [7, 11) is -3.73. The van der Waals surface area contributed by atoms with Crippen LogP contribution in [0.1, 0.15) is 36.5 Å². The number of amides is 2. The average molecular weight is 365 g/mol. The Balaban J connectivity index is 1.77. The van der Waals surface area contributed by atoms with E-state index < -0.39 is 10.0 Å². The van der Waals surface area contributed by atoms with Crippen molar-refractivity contribution >= 4 is 21.8 Å². The number of piperidine rings is 1. The molecule has 25 heavy (non-hydrogen) atoms. The fourth-order valence-electron chi connectivity index (χ4n) is 3.30. The van der Waals surface area contributed by atoms with Crippen molar-refractivity contribution in [3.63, 3.8) is 0 Å². The predicted octanol–water partition coefficient (Wildman–Crippen LogP) is 0.822. The molecule has 0 saturated carbocycles. The molecule has 136 valence electrons. The molecular weight excluding hydrogens is 342 g/mol. The van der Waals surface area contributed by atoms with Crippen LogP contribution in [-0.4, -0.2) is 61.7 Å². The number of rotatable bonds is 3. The predicted molar refractivity (Wildman–Crippen MR) is 92.6 cm³/mol. The molecule has 2 amide bonds. The van der Waals surface area contributed by atoms with E-state index in [9.17, 15) is 18.0 Å². The lowest BCUT2D eigenvalue weighted by molar-refractivity contribution is -0.122. The topological polar surface area (TPSA) is 86.8 Å². The van der Waals surface area contributed by atoms with Crippen molar-refractivity contribution in [3.05, 3.63) is 29.8 Å². The van der Waals surface area contributed by atoms with Crippen LogP contribution >= 0.6 is 0 Å². The number of nitrogens with zero attached hydrogens (tertiary/aromatic N) is 2. The van der Waals surface area contributed by atoms with Crippen LogP contribution in [0.3, 0.4) is 0 Å². The highest BCUT2D eigenvalue weighted by Crippen LogP contribution is 2.21. The van der Waals surface area contributed by atoms with Crippen molar-refractivity contribution in [2.75, 3.05) is 26.2 Å². The molecule has 0 aliphatic carbocycles. The van der Waals surface area contributed by atoms with Gasteiger partial charge in [0.25, 0.3) is 5.91 Å². The van der Waals surface area contributed by atoms with Gasteiger partial charge >= 0.3 is 0 Å². The summed E-state index contributed by atoms with van der Waals surface area (Å²) in [4.78, 5) is 26.0. The number of benzene rings is 1. The van der Waals surface area contributed by atoms with E-state index in [1.54, 1.807) is 12.1 Å². The van der Waals surface area contributed by atoms with Crippen LogP contribution in [-0.2, 0) is 14.8 Å². The molecule has 0 radical (unpaired) electrons. The zero-order valence-corrected chi connectivity index (χ0v) is 15.1. The van der Waals surface area contributed by atoms with E-state index in [-0.39, 0.29) is 35.8 Å². The van der Waals surface area contributed by atoms with Crippen molar-refractivity contribution < 1.29 is 18.0 Å². The van der Waals surface area contributed by atoms with Crippen molar-refractivity contribution in [1.29, 1.82) is 0 Å². The van der Waals surface area contributed by atoms with E-state index in [0.29, 0.717) is 12.1 Å². The molecule has 2 saturated heterocycles. The number of likely N-dealkylation sites (tertiary alicyclic amines) is 1. The van der Waals surface area contributed by atoms with Crippen molar-refractivity contribution in [2.24, 2.45) is 0 Å². The Hall–Kier alpha value is -1.93. The fraction of sp³-hybridized carbons (Fsp3) is 0.529. The Kier molecular flexibility index (Phi) is 5.10. The zero-order valence-electron chi connectivity index (χ0n) is 14.3. The molecule has 0 spiro atoms. The van der Waals surface area contributed by atoms with E-state index >= 15 is 0 Å². The summed E-state index contributed by atoms with van der Waals surface area (Å²) in [6.45, 7) is 3.16. The van der Waals surface area contributed by atoms with Gasteiger partial charge in [-0.15, -0.1) is 0 Å². The van der Waals surface area contributed by atoms with Gasteiger partial charge < -0.3 is 10.2 Å². The van der Waals surface area contributed by atoms with Gasteiger partial charge in [-0.2, -0.15) is 4.31 Å². The van der Waals surface area contributed by atoms with E-state index in [2.05, 4.69) is 5.32 Å². The van der Waals surface area contributed by atoms with Crippen LogP contribution in [0.25, 0.3) is 0 Å². The van der Waals surface area contributed by atoms with Gasteiger partial charge in [0.05, 0.1) is 11.4 Å². The summed E-state index contributed by atoms with van der Waals surface area (Å²) in [6, 6.07) is 6.21. The molecule has 1 aromatic rings. The van der Waals surface area contributed by atoms with Crippen molar-refractivity contribution in [1.82, 2.24) is 14.5 Å². The minimum Gasteiger partial charge on any atom is -0.354 e. The first kappa shape index (κ1) is 17.9. The Bertz CT molecular complexity index is 761. The molecule has 3 rings (SSSR count). The molecule has 1 unspecified atom stereocenters. The lowest BCUT2D eigenvalue weighted by Gasteiger charge is -2.33. The first-order valence-corrected chi connectivity index (χ1v) is 10.0. The van der Waals surface area contributed by atoms with Gasteiger partial charge in [0.15, 0.2) is 0 Å². The third kappa shape index (κ3) is 3.69. The Morgan fingerprint density at radius 3 is 2.52 bits per heavy atom. The van der Waals surface area contributed by atoms with Gasteiger partial charge in [0.2, 0.25) is 15.9 Å². The average Bonchev–Trinajstić information content (AvgIpc) is 2.62. The maximum absolute atomic E-state index is 12.6. The van der Waals surface area contributed by atoms with Crippen molar-refractivity contribution in [2.45, 2.75) is 37.1 Å². The minimum absolute atomic E-state index is 0.0616. The number of hydrogen-bond donors (Lipinski definition) is 1. The standard InChI is InChI=1S/C17H23N3O4S/c1-13-4-2-3-10-20(13)17(22)14-5-7-15(8-6-14)25(23,24)19-11-9-18-16(21)12-19/h5-8,13H,2-4,9-12H2,1H3,(H,18,21). The fourth-order valence-corrected chi connectivity index (χ4v) is 4.70. The normalized spacial score (nSPS) is 22.5. The highest BCUT2D eigenvalue weighted by atomic mass is 32.2. The minimum atomic E-state index is -3.73. The smallest absolute Gasteiger partial charge is 0.254 e. The van der Waals surface area contributed by atoms with Crippen LogP contribution in [0, 0.1) is 0 Å². The molecule has 0 aromatic heterocycles. The number of carbonyl (C=O) groups excluding carboxylic acids is 2. The molecular formula is C17H23N3O4S. The van der Waals surface area contributed by atoms with Gasteiger partial charge in [0, 0.05) is 31.2 Å². The highest BCUT2D eigenvalue weighted by molar-refractivity contribution is 7.89. The Morgan fingerprint density at radius 2 is 1.88 bits per heavy atom. The summed E-state index contributed by atoms with van der Waals surface area (Å²) in [5.74, 6) is -0.366. The van der Waals surface area contributed by atoms with Crippen LogP contribution in [0.5, 0.6) is 0 Å². The number of carbonyl (C=O) groups is 2. The largest absolute Gasteiger partial charge is 0.354 e. The number of sulfonamides is 1. The first-order chi connectivity index (χ1) is 11.9. The molecule has 1 atom stereocenters. The maximum Gasteiger partial charge on any atom is 0.254 e. The lowest BCUT2D eigenvalue weighted by atomic mass is 10.0. The summed E-state index contributed by atoms with van der Waals surface area (Å²) < 4.78 is 26.4. The summed E-state index contributed by atoms with van der Waals surface area (Å²) >= 11 is 0. The van der Waals surface area contributed by atoms with Gasteiger partial charge in [-0.05, 0) is 50.5 Å². The third-order valence-corrected chi connectivity index (χ3v) is 6.67. The van der Waals surface area contributed by atoms with Gasteiger partial charge in [-0.3, -0.25) is 9.59 Å². The quantitative estimate of drug-likeness (QED) is 0.859. The lowest BCUT2D eigenvalue weighted by Crippen LogP contribution is -2.49. The zero-order chi connectivity index (χ0) is 18.0. The van der Waals surface area contributed by atoms with Gasteiger partial charge in [-0.25, -0.2) is 8.42 Å². The second-order valence-corrected chi connectivity index (χ2v) is 8.49. The summed E-state index contributed by atoms with van der Waals surface area (Å²) in [5.41, 5.74) is 0.490. The van der Waals surface area contributed by atoms with Crippen LogP contribution in [0.4, 0.5) is 0 Å². The van der Waals surface area contributed by atoms with E-state index in [0.717, 1.165) is 30.1 Å². The number of hydrogen-bond acceptors (Lipinski definition) is 4. The molecule has 2 fully saturated rings. The van der Waals surface area contributed by atoms with E-state index in [4.69, 9.17) is 0 Å². The van der Waals surface area contributed by atoms with E-state index in [1.165, 1.54) is 12.1 Å². The van der Waals surface area contributed by atoms with Crippen LogP contribution in [0.15, 0.2) is 29.2 Å². The Labute approximate surface area is 148 Å². The molecule has 2 heterocycles. The number of nitrogens with one attached hydrogen (secondary N) is 1. The third-order valence-electron chi connectivity index (χ3n) is 4.81. The molecule has 8 heteroatoms. The highest BCUT2D eigenvalue weighted by Gasteiger charge is 2.30. The molecule has 1 aromatic carbocycles. The first-order valence-electron chi connectivity index (χ1n) is 8.57. The van der Waals surface area contributed by atoms with Crippen LogP contribution < -0.4 is 5.32 Å². The maximum atomic E-state index is 12.6. The SMILES string of the molecule is CC1CCCCN1C(=O)c1ccc(S(=O)(=O)N2CCNC(=O)C2)cc1. The molecule has 2 aliphatic rings. The monoisotopic (exact) mass is 365 g/mol. The number of piperazine rings is 1. The second-order valence-electron chi connectivity index (χ2n) is 6.56.